The number of thioether (sulfide) groups is 1. The van der Waals surface area contributed by atoms with Gasteiger partial charge in [-0.2, -0.15) is 13.2 Å². The van der Waals surface area contributed by atoms with E-state index in [0.717, 1.165) is 23.9 Å². The molecule has 1 fully saturated rings. The fourth-order valence-electron chi connectivity index (χ4n) is 3.04. The molecule has 15 heteroatoms. The van der Waals surface area contributed by atoms with Crippen LogP contribution in [0.3, 0.4) is 0 Å². The molecule has 3 amide bonds. The first-order valence-corrected chi connectivity index (χ1v) is 12.4. The van der Waals surface area contributed by atoms with Crippen molar-refractivity contribution in [1.82, 2.24) is 15.5 Å². The van der Waals surface area contributed by atoms with E-state index >= 15 is 0 Å². The first-order valence-electron chi connectivity index (χ1n) is 10.3. The number of aliphatic carboxylic acids is 1. The smallest absolute Gasteiger partial charge is 0.419 e. The average Bonchev–Trinajstić information content (AvgIpc) is 3.38. The van der Waals surface area contributed by atoms with Crippen molar-refractivity contribution in [1.29, 1.82) is 0 Å². The van der Waals surface area contributed by atoms with Crippen molar-refractivity contribution in [3.63, 3.8) is 0 Å². The van der Waals surface area contributed by atoms with E-state index in [9.17, 15) is 36.7 Å². The van der Waals surface area contributed by atoms with E-state index in [2.05, 4.69) is 10.6 Å². The maximum atomic E-state index is 13.6. The second kappa shape index (κ2) is 11.8. The van der Waals surface area contributed by atoms with Gasteiger partial charge in [0.1, 0.15) is 16.7 Å². The predicted molar refractivity (Wildman–Crippen MR) is 133 cm³/mol. The summed E-state index contributed by atoms with van der Waals surface area (Å²) in [5, 5.41) is 14.5. The Hall–Kier alpha value is -3.30. The van der Waals surface area contributed by atoms with Gasteiger partial charge < -0.3 is 15.7 Å². The Morgan fingerprint density at radius 1 is 1.08 bits per heavy atom. The summed E-state index contributed by atoms with van der Waals surface area (Å²) in [6.07, 6.45) is -3.48. The molecule has 8 nitrogen and oxygen atoms in total. The fraction of sp³-hybridized carbons (Fsp3) is 0.227. The van der Waals surface area contributed by atoms with Gasteiger partial charge in [0, 0.05) is 17.8 Å². The third-order valence-electron chi connectivity index (χ3n) is 4.82. The van der Waals surface area contributed by atoms with Crippen LogP contribution in [0.1, 0.15) is 16.9 Å². The van der Waals surface area contributed by atoms with Crippen molar-refractivity contribution in [3.05, 3.63) is 50.8 Å². The highest BCUT2D eigenvalue weighted by Gasteiger charge is 2.34. The highest BCUT2D eigenvalue weighted by Crippen LogP contribution is 2.37. The van der Waals surface area contributed by atoms with Crippen LogP contribution in [0.4, 0.5) is 17.6 Å². The van der Waals surface area contributed by atoms with Crippen LogP contribution < -0.4 is 10.6 Å². The van der Waals surface area contributed by atoms with Crippen molar-refractivity contribution in [3.8, 4) is 11.1 Å². The first-order chi connectivity index (χ1) is 17.3. The van der Waals surface area contributed by atoms with Gasteiger partial charge in [-0.05, 0) is 40.8 Å². The molecule has 3 rings (SSSR count). The second-order valence-electron chi connectivity index (χ2n) is 7.46. The van der Waals surface area contributed by atoms with Crippen LogP contribution in [0.2, 0.25) is 0 Å². The van der Waals surface area contributed by atoms with Gasteiger partial charge in [-0.15, -0.1) is 11.3 Å². The minimum Gasteiger partial charge on any atom is -0.480 e. The lowest BCUT2D eigenvalue weighted by atomic mass is 10.0. The topological polar surface area (TPSA) is 116 Å². The van der Waals surface area contributed by atoms with Gasteiger partial charge in [-0.1, -0.05) is 30.0 Å². The van der Waals surface area contributed by atoms with Crippen LogP contribution >= 0.6 is 35.3 Å². The summed E-state index contributed by atoms with van der Waals surface area (Å²) in [6, 6.07) is 4.27. The average molecular weight is 576 g/mol. The lowest BCUT2D eigenvalue weighted by molar-refractivity contribution is -0.140. The third-order valence-corrected chi connectivity index (χ3v) is 7.07. The third kappa shape index (κ3) is 7.60. The lowest BCUT2D eigenvalue weighted by Crippen LogP contribution is -2.40. The number of carboxylic acid groups (broad SMARTS) is 1. The van der Waals surface area contributed by atoms with Gasteiger partial charge in [-0.3, -0.25) is 24.1 Å². The molecular formula is C22H17F4N3O5S3. The highest BCUT2D eigenvalue weighted by molar-refractivity contribution is 8.26. The zero-order valence-electron chi connectivity index (χ0n) is 18.6. The number of halogens is 4. The predicted octanol–water partition coefficient (Wildman–Crippen LogP) is 3.48. The van der Waals surface area contributed by atoms with E-state index in [4.69, 9.17) is 17.3 Å². The van der Waals surface area contributed by atoms with Crippen molar-refractivity contribution >= 4 is 69.4 Å². The Balaban J connectivity index is 1.60. The van der Waals surface area contributed by atoms with Crippen LogP contribution in [0.25, 0.3) is 17.2 Å². The lowest BCUT2D eigenvalue weighted by Gasteiger charge is -2.14. The Kier molecular flexibility index (Phi) is 9.04. The summed E-state index contributed by atoms with van der Waals surface area (Å²) in [7, 11) is 0. The minimum atomic E-state index is -4.84. The van der Waals surface area contributed by atoms with Crippen LogP contribution in [0.15, 0.2) is 34.6 Å². The molecule has 0 saturated carbocycles. The van der Waals surface area contributed by atoms with Gasteiger partial charge >= 0.3 is 12.1 Å². The number of nitrogens with one attached hydrogen (secondary N) is 2. The molecule has 1 aromatic heterocycles. The minimum absolute atomic E-state index is 0.0595. The van der Waals surface area contributed by atoms with Gasteiger partial charge in [0.25, 0.3) is 5.91 Å². The Morgan fingerprint density at radius 3 is 2.46 bits per heavy atom. The molecule has 0 unspecified atom stereocenters. The number of alkyl halides is 3. The molecule has 1 aliphatic rings. The van der Waals surface area contributed by atoms with Crippen LogP contribution in [0.5, 0.6) is 0 Å². The largest absolute Gasteiger partial charge is 0.480 e. The SMILES string of the molecule is O=C(O)CNC(=O)CNC(=O)CCN1C(=O)/C(=C/c2cc(-c3ccc(F)c(C(F)(F)F)c3)cs2)SC1=S. The van der Waals surface area contributed by atoms with Crippen molar-refractivity contribution in [2.75, 3.05) is 19.6 Å². The number of thiocarbonyl (C=S) groups is 1. The number of carbonyl (C=O) groups excluding carboxylic acids is 3. The maximum Gasteiger partial charge on any atom is 0.419 e. The van der Waals surface area contributed by atoms with E-state index in [1.807, 2.05) is 0 Å². The van der Waals surface area contributed by atoms with Crippen molar-refractivity contribution < 1.29 is 41.8 Å². The number of carbonyl (C=O) groups is 4. The molecule has 196 valence electrons. The second-order valence-corrected chi connectivity index (χ2v) is 10.1. The molecule has 2 aromatic rings. The summed E-state index contributed by atoms with van der Waals surface area (Å²) in [6.45, 7) is -1.07. The zero-order chi connectivity index (χ0) is 27.3. The van der Waals surface area contributed by atoms with Gasteiger partial charge in [0.05, 0.1) is 17.0 Å². The van der Waals surface area contributed by atoms with Crippen molar-refractivity contribution in [2.24, 2.45) is 0 Å². The number of thiophene rings is 1. The molecule has 1 saturated heterocycles. The van der Waals surface area contributed by atoms with E-state index in [-0.39, 0.29) is 27.8 Å². The molecule has 37 heavy (non-hydrogen) atoms. The molecule has 1 aromatic carbocycles. The Bertz CT molecular complexity index is 1290. The first kappa shape index (κ1) is 28.3. The number of carboxylic acids is 1. The number of benzene rings is 1. The molecule has 0 bridgehead atoms. The van der Waals surface area contributed by atoms with E-state index in [1.54, 1.807) is 11.4 Å². The fourth-order valence-corrected chi connectivity index (χ4v) is 5.26. The maximum absolute atomic E-state index is 13.6. The summed E-state index contributed by atoms with van der Waals surface area (Å²) < 4.78 is 52.8. The molecule has 0 aliphatic carbocycles. The number of hydrogen-bond acceptors (Lipinski definition) is 7. The van der Waals surface area contributed by atoms with Crippen LogP contribution in [0, 0.1) is 5.82 Å². The molecule has 0 spiro atoms. The van der Waals surface area contributed by atoms with Crippen molar-refractivity contribution in [2.45, 2.75) is 12.6 Å². The van der Waals surface area contributed by atoms with Crippen LogP contribution in [-0.2, 0) is 25.4 Å². The van der Waals surface area contributed by atoms with Gasteiger partial charge in [0.15, 0.2) is 0 Å². The molecule has 1 aliphatic heterocycles. The summed E-state index contributed by atoms with van der Waals surface area (Å²) in [4.78, 5) is 48.6. The van der Waals surface area contributed by atoms with Gasteiger partial charge in [-0.25, -0.2) is 4.39 Å². The molecular weight excluding hydrogens is 558 g/mol. The monoisotopic (exact) mass is 575 g/mol. The van der Waals surface area contributed by atoms with Gasteiger partial charge in [0.2, 0.25) is 11.8 Å². The highest BCUT2D eigenvalue weighted by atomic mass is 32.2. The zero-order valence-corrected chi connectivity index (χ0v) is 21.0. The number of hydrogen-bond donors (Lipinski definition) is 3. The molecule has 2 heterocycles. The summed E-state index contributed by atoms with van der Waals surface area (Å²) in [5.74, 6) is -4.30. The molecule has 0 atom stereocenters. The van der Waals surface area contributed by atoms with E-state index < -0.39 is 54.3 Å². The molecule has 3 N–H and O–H groups in total. The Labute approximate surface area is 220 Å². The number of rotatable bonds is 9. The normalized spacial score (nSPS) is 14.8. The van der Waals surface area contributed by atoms with E-state index in [1.165, 1.54) is 28.4 Å². The number of nitrogens with zero attached hydrogens (tertiary/aromatic N) is 1. The van der Waals surface area contributed by atoms with Crippen LogP contribution in [-0.4, -0.2) is 57.7 Å². The number of amides is 3. The van der Waals surface area contributed by atoms with E-state index in [0.29, 0.717) is 10.4 Å². The Morgan fingerprint density at radius 2 is 1.78 bits per heavy atom. The summed E-state index contributed by atoms with van der Waals surface area (Å²) >= 11 is 7.37. The molecule has 0 radical (unpaired) electrons. The summed E-state index contributed by atoms with van der Waals surface area (Å²) in [5.41, 5.74) is -0.787. The quantitative estimate of drug-likeness (QED) is 0.238. The standard InChI is InChI=1S/C22H17F4N3O5S3/c23-15-2-1-11(6-14(15)22(24,25)26)12-5-13(36-10-12)7-16-20(34)29(21(35)37-16)4-3-17(30)27-8-18(31)28-9-19(32)33/h1-2,5-7,10H,3-4,8-9H2,(H,27,30)(H,28,31)(H,32,33)/b16-7-.